The number of thiophene rings is 1. The molecule has 1 aromatic carbocycles. The number of ether oxygens (including phenoxy) is 1. The van der Waals surface area contributed by atoms with Crippen LogP contribution in [0.1, 0.15) is 15.2 Å². The number of nitrogens with one attached hydrogen (secondary N) is 1. The minimum absolute atomic E-state index is 0.165. The van der Waals surface area contributed by atoms with Gasteiger partial charge >= 0.3 is 5.97 Å². The van der Waals surface area contributed by atoms with Crippen molar-refractivity contribution in [1.82, 2.24) is 10.2 Å². The first-order chi connectivity index (χ1) is 12.0. The molecule has 0 saturated heterocycles. The van der Waals surface area contributed by atoms with Gasteiger partial charge in [-0.1, -0.05) is 18.2 Å². The summed E-state index contributed by atoms with van der Waals surface area (Å²) in [5.74, 6) is -2.54. The van der Waals surface area contributed by atoms with Crippen molar-refractivity contribution in [3.63, 3.8) is 0 Å². The van der Waals surface area contributed by atoms with Gasteiger partial charge in [0.2, 0.25) is 0 Å². The molecule has 0 aliphatic carbocycles. The van der Waals surface area contributed by atoms with Crippen LogP contribution < -0.4 is 5.32 Å². The molecule has 0 fully saturated rings. The SMILES string of the molecule is CN(Cc1cccs1)C(=O)COC(=O)CNC(=O)c1ccccc1F. The molecule has 1 N–H and O–H groups in total. The molecule has 1 aromatic heterocycles. The highest BCUT2D eigenvalue weighted by atomic mass is 32.1. The van der Waals surface area contributed by atoms with Gasteiger partial charge < -0.3 is 15.0 Å². The largest absolute Gasteiger partial charge is 0.454 e. The Kier molecular flexibility index (Phi) is 6.64. The normalized spacial score (nSPS) is 10.2. The van der Waals surface area contributed by atoms with Crippen molar-refractivity contribution in [1.29, 1.82) is 0 Å². The van der Waals surface area contributed by atoms with E-state index in [1.165, 1.54) is 34.4 Å². The molecular weight excluding hydrogens is 347 g/mol. The van der Waals surface area contributed by atoms with Gasteiger partial charge in [-0.3, -0.25) is 14.4 Å². The van der Waals surface area contributed by atoms with Crippen LogP contribution in [0.4, 0.5) is 4.39 Å². The minimum atomic E-state index is -0.775. The Balaban J connectivity index is 1.72. The van der Waals surface area contributed by atoms with Gasteiger partial charge in [-0.2, -0.15) is 0 Å². The number of rotatable bonds is 7. The van der Waals surface area contributed by atoms with E-state index in [1.807, 2.05) is 17.5 Å². The molecule has 8 heteroatoms. The lowest BCUT2D eigenvalue weighted by Gasteiger charge is -2.16. The van der Waals surface area contributed by atoms with Gasteiger partial charge in [-0.15, -0.1) is 11.3 Å². The van der Waals surface area contributed by atoms with Crippen molar-refractivity contribution in [3.05, 3.63) is 58.0 Å². The van der Waals surface area contributed by atoms with Crippen LogP contribution in [0.25, 0.3) is 0 Å². The zero-order chi connectivity index (χ0) is 18.2. The van der Waals surface area contributed by atoms with Crippen molar-refractivity contribution in [3.8, 4) is 0 Å². The standard InChI is InChI=1S/C17H17FN2O4S/c1-20(10-12-5-4-8-25-12)15(21)11-24-16(22)9-19-17(23)13-6-2-3-7-14(13)18/h2-8H,9-11H2,1H3,(H,19,23). The van der Waals surface area contributed by atoms with Crippen LogP contribution >= 0.6 is 11.3 Å². The Labute approximate surface area is 148 Å². The maximum absolute atomic E-state index is 13.4. The molecule has 0 atom stereocenters. The van der Waals surface area contributed by atoms with Crippen LogP contribution in [-0.4, -0.2) is 42.9 Å². The summed E-state index contributed by atoms with van der Waals surface area (Å²) in [5.41, 5.74) is -0.165. The monoisotopic (exact) mass is 364 g/mol. The smallest absolute Gasteiger partial charge is 0.325 e. The Bertz CT molecular complexity index is 749. The van der Waals surface area contributed by atoms with Crippen molar-refractivity contribution in [2.45, 2.75) is 6.54 Å². The maximum atomic E-state index is 13.4. The van der Waals surface area contributed by atoms with Crippen LogP contribution in [0.5, 0.6) is 0 Å². The third-order valence-electron chi connectivity index (χ3n) is 3.27. The summed E-state index contributed by atoms with van der Waals surface area (Å²) in [6.45, 7) is -0.441. The molecule has 0 saturated carbocycles. The van der Waals surface area contributed by atoms with Crippen LogP contribution in [0.3, 0.4) is 0 Å². The van der Waals surface area contributed by atoms with Crippen molar-refractivity contribution < 1.29 is 23.5 Å². The molecule has 2 rings (SSSR count). The van der Waals surface area contributed by atoms with Gasteiger partial charge in [-0.05, 0) is 23.6 Å². The van der Waals surface area contributed by atoms with Crippen LogP contribution in [0, 0.1) is 5.82 Å². The number of carbonyl (C=O) groups is 3. The first-order valence-electron chi connectivity index (χ1n) is 7.42. The molecule has 0 bridgehead atoms. The van der Waals surface area contributed by atoms with E-state index in [1.54, 1.807) is 7.05 Å². The Morgan fingerprint density at radius 3 is 2.64 bits per heavy atom. The first-order valence-corrected chi connectivity index (χ1v) is 8.30. The van der Waals surface area contributed by atoms with E-state index < -0.39 is 30.8 Å². The summed E-state index contributed by atoms with van der Waals surface area (Å²) in [6.07, 6.45) is 0. The topological polar surface area (TPSA) is 75.7 Å². The predicted octanol–water partition coefficient (Wildman–Crippen LogP) is 1.82. The second-order valence-corrected chi connectivity index (χ2v) is 6.18. The average molecular weight is 364 g/mol. The fraction of sp³-hybridized carbons (Fsp3) is 0.235. The van der Waals surface area contributed by atoms with E-state index in [9.17, 15) is 18.8 Å². The molecule has 1 heterocycles. The first kappa shape index (κ1) is 18.6. The number of nitrogens with zero attached hydrogens (tertiary/aromatic N) is 1. The van der Waals surface area contributed by atoms with Gasteiger partial charge in [0.05, 0.1) is 12.1 Å². The number of benzene rings is 1. The van der Waals surface area contributed by atoms with E-state index in [4.69, 9.17) is 4.74 Å². The predicted molar refractivity (Wildman–Crippen MR) is 90.5 cm³/mol. The molecule has 0 aliphatic rings. The quantitative estimate of drug-likeness (QED) is 0.761. The number of carbonyl (C=O) groups excluding carboxylic acids is 3. The van der Waals surface area contributed by atoms with Gasteiger partial charge in [0, 0.05) is 11.9 Å². The van der Waals surface area contributed by atoms with E-state index in [-0.39, 0.29) is 11.5 Å². The number of hydrogen-bond acceptors (Lipinski definition) is 5. The third kappa shape index (κ3) is 5.68. The Morgan fingerprint density at radius 1 is 1.20 bits per heavy atom. The van der Waals surface area contributed by atoms with E-state index in [2.05, 4.69) is 5.32 Å². The van der Waals surface area contributed by atoms with Crippen molar-refractivity contribution >= 4 is 29.1 Å². The van der Waals surface area contributed by atoms with E-state index in [0.29, 0.717) is 6.54 Å². The highest BCUT2D eigenvalue weighted by Gasteiger charge is 2.15. The maximum Gasteiger partial charge on any atom is 0.325 e. The number of likely N-dealkylation sites (N-methyl/N-ethyl adjacent to an activating group) is 1. The molecule has 2 amide bonds. The lowest BCUT2D eigenvalue weighted by atomic mass is 10.2. The van der Waals surface area contributed by atoms with E-state index >= 15 is 0 Å². The summed E-state index contributed by atoms with van der Waals surface area (Å²) in [6, 6.07) is 9.21. The lowest BCUT2D eigenvalue weighted by molar-refractivity contribution is -0.150. The molecule has 2 aromatic rings. The molecule has 6 nitrogen and oxygen atoms in total. The van der Waals surface area contributed by atoms with Gasteiger partial charge in [0.15, 0.2) is 6.61 Å². The average Bonchev–Trinajstić information content (AvgIpc) is 3.10. The van der Waals surface area contributed by atoms with Crippen LogP contribution in [-0.2, 0) is 20.9 Å². The number of halogens is 1. The van der Waals surface area contributed by atoms with Crippen molar-refractivity contribution in [2.75, 3.05) is 20.2 Å². The molecule has 0 spiro atoms. The van der Waals surface area contributed by atoms with Crippen LogP contribution in [0.15, 0.2) is 41.8 Å². The van der Waals surface area contributed by atoms with Crippen LogP contribution in [0.2, 0.25) is 0 Å². The minimum Gasteiger partial charge on any atom is -0.454 e. The molecular formula is C17H17FN2O4S. The fourth-order valence-corrected chi connectivity index (χ4v) is 2.68. The summed E-state index contributed by atoms with van der Waals surface area (Å²) in [5, 5.41) is 4.16. The number of amides is 2. The molecule has 0 radical (unpaired) electrons. The summed E-state index contributed by atoms with van der Waals surface area (Å²) in [4.78, 5) is 37.7. The molecule has 0 aliphatic heterocycles. The molecule has 0 unspecified atom stereocenters. The zero-order valence-electron chi connectivity index (χ0n) is 13.5. The zero-order valence-corrected chi connectivity index (χ0v) is 14.3. The third-order valence-corrected chi connectivity index (χ3v) is 4.13. The lowest BCUT2D eigenvalue weighted by Crippen LogP contribution is -2.34. The summed E-state index contributed by atoms with van der Waals surface area (Å²) in [7, 11) is 1.61. The number of hydrogen-bond donors (Lipinski definition) is 1. The molecule has 132 valence electrons. The second-order valence-electron chi connectivity index (χ2n) is 5.15. The van der Waals surface area contributed by atoms with Gasteiger partial charge in [0.1, 0.15) is 12.4 Å². The van der Waals surface area contributed by atoms with Gasteiger partial charge in [-0.25, -0.2) is 4.39 Å². The number of esters is 1. The Hall–Kier alpha value is -2.74. The van der Waals surface area contributed by atoms with Crippen molar-refractivity contribution in [2.24, 2.45) is 0 Å². The molecule has 25 heavy (non-hydrogen) atoms. The van der Waals surface area contributed by atoms with E-state index in [0.717, 1.165) is 10.9 Å². The second kappa shape index (κ2) is 8.93. The highest BCUT2D eigenvalue weighted by Crippen LogP contribution is 2.10. The fourth-order valence-electron chi connectivity index (χ4n) is 1.92. The Morgan fingerprint density at radius 2 is 1.96 bits per heavy atom. The van der Waals surface area contributed by atoms with Gasteiger partial charge in [0.25, 0.3) is 11.8 Å². The summed E-state index contributed by atoms with van der Waals surface area (Å²) >= 11 is 1.52. The summed E-state index contributed by atoms with van der Waals surface area (Å²) < 4.78 is 18.3. The highest BCUT2D eigenvalue weighted by molar-refractivity contribution is 7.09.